The van der Waals surface area contributed by atoms with Gasteiger partial charge in [-0.05, 0) is 42.3 Å². The summed E-state index contributed by atoms with van der Waals surface area (Å²) in [6.45, 7) is 7.86. The molecule has 0 aromatic carbocycles. The van der Waals surface area contributed by atoms with Crippen LogP contribution >= 0.6 is 0 Å². The topological polar surface area (TPSA) is 171 Å². The van der Waals surface area contributed by atoms with E-state index in [1.165, 1.54) is 0 Å². The molecule has 0 aliphatic carbocycles. The van der Waals surface area contributed by atoms with Crippen LogP contribution in [0.15, 0.2) is 0 Å². The summed E-state index contributed by atoms with van der Waals surface area (Å²) in [4.78, 5) is 43.5. The number of nitro groups is 1. The molecule has 3 rings (SSSR count). The third-order valence-electron chi connectivity index (χ3n) is 5.71. The summed E-state index contributed by atoms with van der Waals surface area (Å²) in [6.07, 6.45) is 1.58. The molecule has 3 heterocycles. The Kier molecular flexibility index (Phi) is 9.47. The quantitative estimate of drug-likeness (QED) is 0.215. The lowest BCUT2D eigenvalue weighted by Crippen LogP contribution is -2.39. The van der Waals surface area contributed by atoms with Crippen molar-refractivity contribution in [3.8, 4) is 0 Å². The predicted molar refractivity (Wildman–Crippen MR) is 116 cm³/mol. The van der Waals surface area contributed by atoms with E-state index in [9.17, 15) is 19.7 Å². The van der Waals surface area contributed by atoms with Gasteiger partial charge in [0.05, 0.1) is 26.4 Å². The average Bonchev–Trinajstić information content (AvgIpc) is 3.26. The number of rotatable bonds is 12. The second kappa shape index (κ2) is 12.5. The molecule has 0 bridgehead atoms. The number of carbonyl (C=O) groups is 2. The molecule has 0 saturated carbocycles. The first-order chi connectivity index (χ1) is 16.0. The number of primary amides is 1. The molecule has 2 amide bonds. The number of nitrogens with one attached hydrogen (secondary N) is 1. The summed E-state index contributed by atoms with van der Waals surface area (Å²) in [5.74, 6) is -2.38. The zero-order chi connectivity index (χ0) is 23.6. The molecule has 184 valence electrons. The van der Waals surface area contributed by atoms with Crippen LogP contribution in [0.25, 0.3) is 0 Å². The summed E-state index contributed by atoms with van der Waals surface area (Å²) >= 11 is 0. The molecule has 1 aromatic heterocycles. The Morgan fingerprint density at radius 3 is 2.18 bits per heavy atom. The van der Waals surface area contributed by atoms with Gasteiger partial charge in [0, 0.05) is 37.8 Å². The zero-order valence-electron chi connectivity index (χ0n) is 18.7. The highest BCUT2D eigenvalue weighted by molar-refractivity contribution is 5.91. The molecule has 2 aliphatic heterocycles. The van der Waals surface area contributed by atoms with E-state index in [-0.39, 0.29) is 12.2 Å². The van der Waals surface area contributed by atoms with Gasteiger partial charge in [-0.2, -0.15) is 0 Å². The van der Waals surface area contributed by atoms with Gasteiger partial charge in [0.25, 0.3) is 0 Å². The van der Waals surface area contributed by atoms with Gasteiger partial charge in [0.1, 0.15) is 6.04 Å². The average molecular weight is 469 g/mol. The van der Waals surface area contributed by atoms with Gasteiger partial charge in [-0.25, -0.2) is 0 Å². The lowest BCUT2D eigenvalue weighted by molar-refractivity contribution is -0.394. The van der Waals surface area contributed by atoms with E-state index in [1.54, 1.807) is 0 Å². The highest BCUT2D eigenvalue weighted by Crippen LogP contribution is 2.18. The maximum atomic E-state index is 12.7. The first-order valence-corrected chi connectivity index (χ1v) is 11.2. The number of amides is 2. The summed E-state index contributed by atoms with van der Waals surface area (Å²) in [5, 5.41) is 17.7. The van der Waals surface area contributed by atoms with Crippen molar-refractivity contribution in [1.29, 1.82) is 0 Å². The van der Waals surface area contributed by atoms with Crippen molar-refractivity contribution in [3.63, 3.8) is 0 Å². The third kappa shape index (κ3) is 7.42. The minimum atomic E-state index is -1.01. The summed E-state index contributed by atoms with van der Waals surface area (Å²) in [6, 6.07) is -1.01. The number of ether oxygens (including phenoxy) is 2. The maximum Gasteiger partial charge on any atom is 0.491 e. The number of nitrogens with two attached hydrogens (primary N) is 1. The molecule has 1 atom stereocenters. The number of hydrogen-bond acceptors (Lipinski definition) is 10. The largest absolute Gasteiger partial charge is 0.491 e. The molecule has 2 aliphatic rings. The van der Waals surface area contributed by atoms with Crippen molar-refractivity contribution in [2.45, 2.75) is 25.3 Å². The standard InChI is InChI=1S/C19H32N8O6/c20-16(28)15(3-1-5-24-7-11-32-12-8-24)26-17(22-19(23-26)27(30)31)18(29)21-4-2-6-25-9-13-33-14-10-25/h15H,1-14H2,(H2,20,28)(H,21,29). The number of hydrogen-bond donors (Lipinski definition) is 2. The minimum absolute atomic E-state index is 0.282. The van der Waals surface area contributed by atoms with Crippen LogP contribution in [0.4, 0.5) is 5.95 Å². The Labute approximate surface area is 191 Å². The smallest absolute Gasteiger partial charge is 0.390 e. The van der Waals surface area contributed by atoms with Crippen LogP contribution in [0.1, 0.15) is 35.9 Å². The first-order valence-electron chi connectivity index (χ1n) is 11.2. The molecule has 0 radical (unpaired) electrons. The minimum Gasteiger partial charge on any atom is -0.390 e. The monoisotopic (exact) mass is 468 g/mol. The van der Waals surface area contributed by atoms with Crippen molar-refractivity contribution in [3.05, 3.63) is 15.9 Å². The van der Waals surface area contributed by atoms with Gasteiger partial charge in [-0.3, -0.25) is 19.4 Å². The van der Waals surface area contributed by atoms with E-state index in [0.29, 0.717) is 52.4 Å². The van der Waals surface area contributed by atoms with Crippen LogP contribution in [-0.2, 0) is 14.3 Å². The SMILES string of the molecule is NC(=O)C(CCCN1CCOCC1)n1nc([N+](=O)[O-])nc1C(=O)NCCCN1CCOCC1. The molecular formula is C19H32N8O6. The number of aromatic nitrogens is 3. The van der Waals surface area contributed by atoms with Crippen LogP contribution < -0.4 is 11.1 Å². The highest BCUT2D eigenvalue weighted by Gasteiger charge is 2.33. The van der Waals surface area contributed by atoms with Crippen LogP contribution in [-0.4, -0.2) is 114 Å². The number of morpholine rings is 2. The van der Waals surface area contributed by atoms with Crippen LogP contribution in [0.2, 0.25) is 0 Å². The molecule has 2 fully saturated rings. The molecular weight excluding hydrogens is 436 g/mol. The van der Waals surface area contributed by atoms with Gasteiger partial charge < -0.3 is 30.6 Å². The van der Waals surface area contributed by atoms with Crippen molar-refractivity contribution in [1.82, 2.24) is 29.9 Å². The van der Waals surface area contributed by atoms with E-state index in [0.717, 1.165) is 37.4 Å². The van der Waals surface area contributed by atoms with Gasteiger partial charge in [-0.1, -0.05) is 0 Å². The highest BCUT2D eigenvalue weighted by atomic mass is 16.6. The van der Waals surface area contributed by atoms with E-state index >= 15 is 0 Å². The van der Waals surface area contributed by atoms with Crippen LogP contribution in [0.5, 0.6) is 0 Å². The Balaban J connectivity index is 1.60. The molecule has 3 N–H and O–H groups in total. The van der Waals surface area contributed by atoms with Gasteiger partial charge in [0.15, 0.2) is 0 Å². The Hall–Kier alpha value is -2.68. The Morgan fingerprint density at radius 1 is 1.06 bits per heavy atom. The Morgan fingerprint density at radius 2 is 1.64 bits per heavy atom. The van der Waals surface area contributed by atoms with Gasteiger partial charge >= 0.3 is 17.7 Å². The second-order valence-electron chi connectivity index (χ2n) is 8.01. The third-order valence-corrected chi connectivity index (χ3v) is 5.71. The molecule has 14 nitrogen and oxygen atoms in total. The van der Waals surface area contributed by atoms with Gasteiger partial charge in [0.2, 0.25) is 5.91 Å². The van der Waals surface area contributed by atoms with E-state index in [2.05, 4.69) is 25.2 Å². The predicted octanol–water partition coefficient (Wildman–Crippen LogP) is -1.22. The van der Waals surface area contributed by atoms with E-state index in [1.807, 2.05) is 0 Å². The zero-order valence-corrected chi connectivity index (χ0v) is 18.7. The molecule has 0 spiro atoms. The molecule has 33 heavy (non-hydrogen) atoms. The fourth-order valence-electron chi connectivity index (χ4n) is 3.89. The van der Waals surface area contributed by atoms with Crippen molar-refractivity contribution >= 4 is 17.8 Å². The Bertz CT molecular complexity index is 806. The fourth-order valence-corrected chi connectivity index (χ4v) is 3.89. The van der Waals surface area contributed by atoms with Crippen LogP contribution in [0.3, 0.4) is 0 Å². The summed E-state index contributed by atoms with van der Waals surface area (Å²) in [5.41, 5.74) is 5.57. The summed E-state index contributed by atoms with van der Waals surface area (Å²) < 4.78 is 11.6. The van der Waals surface area contributed by atoms with E-state index < -0.39 is 28.7 Å². The molecule has 1 aromatic rings. The summed E-state index contributed by atoms with van der Waals surface area (Å²) in [7, 11) is 0. The van der Waals surface area contributed by atoms with Crippen LogP contribution in [0, 0.1) is 10.1 Å². The van der Waals surface area contributed by atoms with Crippen molar-refractivity contribution in [2.75, 3.05) is 72.2 Å². The first kappa shape index (κ1) is 25.0. The van der Waals surface area contributed by atoms with Gasteiger partial charge in [-0.15, -0.1) is 4.68 Å². The molecule has 14 heteroatoms. The number of carbonyl (C=O) groups excluding carboxylic acids is 2. The molecule has 2 saturated heterocycles. The lowest BCUT2D eigenvalue weighted by atomic mass is 10.1. The second-order valence-corrected chi connectivity index (χ2v) is 8.01. The van der Waals surface area contributed by atoms with E-state index in [4.69, 9.17) is 15.2 Å². The van der Waals surface area contributed by atoms with Crippen molar-refractivity contribution in [2.24, 2.45) is 5.73 Å². The normalized spacial score (nSPS) is 18.7. The molecule has 1 unspecified atom stereocenters. The maximum absolute atomic E-state index is 12.7. The number of nitrogens with zero attached hydrogens (tertiary/aromatic N) is 6. The fraction of sp³-hybridized carbons (Fsp3) is 0.789. The lowest BCUT2D eigenvalue weighted by Gasteiger charge is -2.26. The van der Waals surface area contributed by atoms with Crippen molar-refractivity contribution < 1.29 is 24.0 Å².